The number of hydrogen-bond acceptors (Lipinski definition) is 4. The molecule has 0 aromatic heterocycles. The van der Waals surface area contributed by atoms with Gasteiger partial charge in [-0.25, -0.2) is 5.43 Å². The van der Waals surface area contributed by atoms with Gasteiger partial charge in [0.2, 0.25) is 0 Å². The minimum absolute atomic E-state index is 0.106. The maximum atomic E-state index is 12.0. The molecule has 0 bridgehead atoms. The molecule has 1 N–H and O–H groups in total. The van der Waals surface area contributed by atoms with Crippen LogP contribution in [0, 0.1) is 6.92 Å². The summed E-state index contributed by atoms with van der Waals surface area (Å²) < 4.78 is 11.5. The number of carbonyl (C=O) groups is 1. The van der Waals surface area contributed by atoms with Crippen LogP contribution in [-0.2, 0) is 4.79 Å². The van der Waals surface area contributed by atoms with E-state index in [1.54, 1.807) is 7.11 Å². The predicted molar refractivity (Wildman–Crippen MR) is 102 cm³/mol. The van der Waals surface area contributed by atoms with Crippen LogP contribution in [0.4, 0.5) is 0 Å². The Kier molecular flexibility index (Phi) is 7.01. The highest BCUT2D eigenvalue weighted by Crippen LogP contribution is 2.25. The van der Waals surface area contributed by atoms with Crippen molar-refractivity contribution in [1.29, 1.82) is 0 Å². The predicted octanol–water partition coefficient (Wildman–Crippen LogP) is 4.08. The van der Waals surface area contributed by atoms with Crippen LogP contribution in [0.2, 0.25) is 0 Å². The van der Waals surface area contributed by atoms with Crippen LogP contribution in [0.25, 0.3) is 0 Å². The third kappa shape index (κ3) is 5.60. The van der Waals surface area contributed by atoms with Crippen LogP contribution in [0.15, 0.2) is 52.0 Å². The number of aryl methyl sites for hydroxylation is 1. The number of ether oxygens (including phenoxy) is 2. The van der Waals surface area contributed by atoms with Crippen LogP contribution in [0.3, 0.4) is 0 Å². The van der Waals surface area contributed by atoms with E-state index in [0.717, 1.165) is 27.1 Å². The summed E-state index contributed by atoms with van der Waals surface area (Å²) in [6, 6.07) is 13.2. The molecule has 2 rings (SSSR count). The van der Waals surface area contributed by atoms with Crippen molar-refractivity contribution in [3.63, 3.8) is 0 Å². The molecule has 25 heavy (non-hydrogen) atoms. The van der Waals surface area contributed by atoms with Gasteiger partial charge in [-0.2, -0.15) is 5.10 Å². The Morgan fingerprint density at radius 1 is 1.20 bits per heavy atom. The smallest absolute Gasteiger partial charge is 0.277 e. The molecule has 0 fully saturated rings. The number of hydrazone groups is 1. The summed E-state index contributed by atoms with van der Waals surface area (Å²) >= 11 is 3.42. The normalized spacial score (nSPS) is 11.1. The fraction of sp³-hybridized carbons (Fsp3) is 0.263. The van der Waals surface area contributed by atoms with Crippen molar-refractivity contribution in [3.8, 4) is 11.5 Å². The largest absolute Gasteiger partial charge is 0.497 e. The van der Waals surface area contributed by atoms with E-state index in [2.05, 4.69) is 26.5 Å². The fourth-order valence-electron chi connectivity index (χ4n) is 2.16. The molecule has 0 aliphatic heterocycles. The number of halogens is 1. The highest BCUT2D eigenvalue weighted by atomic mass is 79.9. The summed E-state index contributed by atoms with van der Waals surface area (Å²) in [5, 5.41) is 4.20. The van der Waals surface area contributed by atoms with Gasteiger partial charge in [0.15, 0.2) is 6.61 Å². The lowest BCUT2D eigenvalue weighted by Crippen LogP contribution is -2.26. The average molecular weight is 405 g/mol. The molecule has 6 heteroatoms. The van der Waals surface area contributed by atoms with E-state index in [1.807, 2.05) is 56.3 Å². The van der Waals surface area contributed by atoms with Gasteiger partial charge in [0.05, 0.1) is 17.3 Å². The van der Waals surface area contributed by atoms with Crippen LogP contribution in [0.5, 0.6) is 11.5 Å². The van der Waals surface area contributed by atoms with E-state index in [-0.39, 0.29) is 12.5 Å². The summed E-state index contributed by atoms with van der Waals surface area (Å²) in [5.41, 5.74) is 5.37. The number of hydrogen-bond donors (Lipinski definition) is 1. The zero-order chi connectivity index (χ0) is 18.2. The molecule has 0 heterocycles. The molecule has 2 aromatic rings. The van der Waals surface area contributed by atoms with Crippen LogP contribution < -0.4 is 14.9 Å². The number of rotatable bonds is 7. The Labute approximate surface area is 156 Å². The van der Waals surface area contributed by atoms with Crippen molar-refractivity contribution < 1.29 is 14.3 Å². The summed E-state index contributed by atoms with van der Waals surface area (Å²) in [4.78, 5) is 12.0. The van der Waals surface area contributed by atoms with Gasteiger partial charge in [0.25, 0.3) is 5.91 Å². The Morgan fingerprint density at radius 3 is 2.52 bits per heavy atom. The maximum Gasteiger partial charge on any atom is 0.277 e. The van der Waals surface area contributed by atoms with Crippen molar-refractivity contribution in [3.05, 3.63) is 58.1 Å². The molecule has 0 saturated heterocycles. The van der Waals surface area contributed by atoms with Gasteiger partial charge in [-0.3, -0.25) is 4.79 Å². The molecule has 0 aliphatic carbocycles. The summed E-state index contributed by atoms with van der Waals surface area (Å²) in [6.45, 7) is 3.86. The van der Waals surface area contributed by atoms with Gasteiger partial charge in [-0.05, 0) is 76.8 Å². The van der Waals surface area contributed by atoms with Gasteiger partial charge in [0, 0.05) is 0 Å². The quantitative estimate of drug-likeness (QED) is 0.558. The second-order valence-corrected chi connectivity index (χ2v) is 6.25. The van der Waals surface area contributed by atoms with Crippen molar-refractivity contribution in [2.45, 2.75) is 20.3 Å². The van der Waals surface area contributed by atoms with Crippen LogP contribution in [0.1, 0.15) is 24.5 Å². The fourth-order valence-corrected chi connectivity index (χ4v) is 2.77. The van der Waals surface area contributed by atoms with Gasteiger partial charge in [0.1, 0.15) is 11.5 Å². The standard InChI is InChI=1S/C19H21BrN2O3/c1-4-17(14-6-8-15(24-3)9-7-14)21-22-19(23)12-25-18-10-5-13(2)11-16(18)20/h5-11H,4,12H2,1-3H3,(H,22,23)/b21-17+. The molecule has 0 radical (unpaired) electrons. The SMILES string of the molecule is CC/C(=N\NC(=O)COc1ccc(C)cc1Br)c1ccc(OC)cc1. The molecule has 0 unspecified atom stereocenters. The lowest BCUT2D eigenvalue weighted by molar-refractivity contribution is -0.123. The molecular weight excluding hydrogens is 384 g/mol. The molecule has 2 aromatic carbocycles. The highest BCUT2D eigenvalue weighted by molar-refractivity contribution is 9.10. The number of amides is 1. The number of methoxy groups -OCH3 is 1. The molecule has 0 aliphatic rings. The van der Waals surface area contributed by atoms with Crippen LogP contribution in [-0.4, -0.2) is 25.3 Å². The maximum absolute atomic E-state index is 12.0. The Balaban J connectivity index is 1.94. The Hall–Kier alpha value is -2.34. The average Bonchev–Trinajstić information content (AvgIpc) is 2.62. The van der Waals surface area contributed by atoms with Gasteiger partial charge in [-0.1, -0.05) is 13.0 Å². The molecule has 0 atom stereocenters. The van der Waals surface area contributed by atoms with E-state index in [4.69, 9.17) is 9.47 Å². The summed E-state index contributed by atoms with van der Waals surface area (Å²) in [6.07, 6.45) is 0.691. The van der Waals surface area contributed by atoms with Crippen molar-refractivity contribution >= 4 is 27.5 Å². The highest BCUT2D eigenvalue weighted by Gasteiger charge is 2.07. The van der Waals surface area contributed by atoms with Gasteiger partial charge >= 0.3 is 0 Å². The summed E-state index contributed by atoms with van der Waals surface area (Å²) in [7, 11) is 1.62. The first-order chi connectivity index (χ1) is 12.0. The molecule has 0 spiro atoms. The summed E-state index contributed by atoms with van der Waals surface area (Å²) in [5.74, 6) is 1.09. The molecule has 1 amide bonds. The minimum atomic E-state index is -0.313. The van der Waals surface area contributed by atoms with E-state index >= 15 is 0 Å². The second kappa shape index (κ2) is 9.22. The first-order valence-electron chi connectivity index (χ1n) is 7.92. The molecule has 0 saturated carbocycles. The third-order valence-corrected chi connectivity index (χ3v) is 4.14. The molecular formula is C19H21BrN2O3. The lowest BCUT2D eigenvalue weighted by atomic mass is 10.1. The minimum Gasteiger partial charge on any atom is -0.497 e. The van der Waals surface area contributed by atoms with E-state index in [1.165, 1.54) is 0 Å². The van der Waals surface area contributed by atoms with Crippen LogP contribution >= 0.6 is 15.9 Å². The third-order valence-electron chi connectivity index (χ3n) is 3.52. The zero-order valence-electron chi connectivity index (χ0n) is 14.5. The van der Waals surface area contributed by atoms with E-state index in [0.29, 0.717) is 12.2 Å². The first kappa shape index (κ1) is 19.0. The van der Waals surface area contributed by atoms with Gasteiger partial charge < -0.3 is 9.47 Å². The molecule has 5 nitrogen and oxygen atoms in total. The first-order valence-corrected chi connectivity index (χ1v) is 8.71. The number of benzene rings is 2. The second-order valence-electron chi connectivity index (χ2n) is 5.40. The van der Waals surface area contributed by atoms with E-state index < -0.39 is 0 Å². The van der Waals surface area contributed by atoms with Crippen molar-refractivity contribution in [2.75, 3.05) is 13.7 Å². The van der Waals surface area contributed by atoms with Gasteiger partial charge in [-0.15, -0.1) is 0 Å². The van der Waals surface area contributed by atoms with E-state index in [9.17, 15) is 4.79 Å². The van der Waals surface area contributed by atoms with Crippen molar-refractivity contribution in [2.24, 2.45) is 5.10 Å². The number of nitrogens with one attached hydrogen (secondary N) is 1. The Morgan fingerprint density at radius 2 is 1.92 bits per heavy atom. The topological polar surface area (TPSA) is 59.9 Å². The zero-order valence-corrected chi connectivity index (χ0v) is 16.1. The molecule has 132 valence electrons. The Bertz CT molecular complexity index is 758. The monoisotopic (exact) mass is 404 g/mol. The van der Waals surface area contributed by atoms with Crippen molar-refractivity contribution in [1.82, 2.24) is 5.43 Å². The lowest BCUT2D eigenvalue weighted by Gasteiger charge is -2.09. The number of nitrogens with zero attached hydrogens (tertiary/aromatic N) is 1. The number of carbonyl (C=O) groups excluding carboxylic acids is 1.